The average molecular weight is 295 g/mol. The lowest BCUT2D eigenvalue weighted by Gasteiger charge is -2.27. The lowest BCUT2D eigenvalue weighted by atomic mass is 9.95. The summed E-state index contributed by atoms with van der Waals surface area (Å²) in [6.45, 7) is 5.33. The maximum absolute atomic E-state index is 5.78. The molecule has 0 aromatic heterocycles. The van der Waals surface area contributed by atoms with Crippen LogP contribution < -0.4 is 14.8 Å². The molecule has 3 heteroatoms. The molecule has 0 fully saturated rings. The summed E-state index contributed by atoms with van der Waals surface area (Å²) < 4.78 is 11.0. The van der Waals surface area contributed by atoms with Gasteiger partial charge in [-0.2, -0.15) is 0 Å². The number of fused-ring (bicyclic) bond motifs is 1. The van der Waals surface area contributed by atoms with Crippen molar-refractivity contribution in [2.24, 2.45) is 0 Å². The zero-order valence-electron chi connectivity index (χ0n) is 12.8. The molecule has 0 spiro atoms. The van der Waals surface area contributed by atoms with Gasteiger partial charge in [-0.15, -0.1) is 6.58 Å². The Bertz CT molecular complexity index is 649. The zero-order valence-corrected chi connectivity index (χ0v) is 12.8. The summed E-state index contributed by atoms with van der Waals surface area (Å²) in [6.07, 6.45) is 2.87. The Kier molecular flexibility index (Phi) is 4.45. The molecule has 22 heavy (non-hydrogen) atoms. The monoisotopic (exact) mass is 295 g/mol. The third kappa shape index (κ3) is 3.00. The third-order valence-electron chi connectivity index (χ3n) is 3.98. The van der Waals surface area contributed by atoms with E-state index in [-0.39, 0.29) is 0 Å². The quantitative estimate of drug-likeness (QED) is 0.847. The maximum Gasteiger partial charge on any atom is 0.124 e. The molecule has 2 aromatic rings. The molecule has 1 N–H and O–H groups in total. The van der Waals surface area contributed by atoms with Crippen molar-refractivity contribution < 1.29 is 9.47 Å². The zero-order chi connectivity index (χ0) is 15.4. The first-order valence-electron chi connectivity index (χ1n) is 7.57. The van der Waals surface area contributed by atoms with E-state index in [0.717, 1.165) is 31.1 Å². The van der Waals surface area contributed by atoms with E-state index in [0.29, 0.717) is 6.04 Å². The van der Waals surface area contributed by atoms with Crippen molar-refractivity contribution in [2.45, 2.75) is 12.5 Å². The van der Waals surface area contributed by atoms with E-state index < -0.39 is 0 Å². The highest BCUT2D eigenvalue weighted by molar-refractivity contribution is 5.67. The molecule has 1 heterocycles. The Labute approximate surface area is 131 Å². The fraction of sp³-hybridized carbons (Fsp3) is 0.263. The summed E-state index contributed by atoms with van der Waals surface area (Å²) in [6, 6.07) is 14.8. The minimum Gasteiger partial charge on any atom is -0.497 e. The topological polar surface area (TPSA) is 30.5 Å². The average Bonchev–Trinajstić information content (AvgIpc) is 2.59. The summed E-state index contributed by atoms with van der Waals surface area (Å²) >= 11 is 0. The molecule has 0 amide bonds. The van der Waals surface area contributed by atoms with Gasteiger partial charge < -0.3 is 14.8 Å². The number of methoxy groups -OCH3 is 1. The van der Waals surface area contributed by atoms with Gasteiger partial charge in [0.1, 0.15) is 11.5 Å². The standard InChI is InChI=1S/C19H21NO2/c1-3-11-20-18-10-12-22-19-9-6-15(13-17(18)19)14-4-7-16(21-2)8-5-14/h3-9,13,18,20H,1,10-12H2,2H3/t18-/m0/s1. The molecule has 0 unspecified atom stereocenters. The predicted molar refractivity (Wildman–Crippen MR) is 89.5 cm³/mol. The summed E-state index contributed by atoms with van der Waals surface area (Å²) in [5, 5.41) is 3.51. The largest absolute Gasteiger partial charge is 0.497 e. The maximum atomic E-state index is 5.78. The van der Waals surface area contributed by atoms with Crippen molar-refractivity contribution in [3.8, 4) is 22.6 Å². The normalized spacial score (nSPS) is 16.5. The Morgan fingerprint density at radius 3 is 2.73 bits per heavy atom. The van der Waals surface area contributed by atoms with Gasteiger partial charge in [0.2, 0.25) is 0 Å². The smallest absolute Gasteiger partial charge is 0.124 e. The highest BCUT2D eigenvalue weighted by atomic mass is 16.5. The van der Waals surface area contributed by atoms with Crippen molar-refractivity contribution in [3.63, 3.8) is 0 Å². The lowest BCUT2D eigenvalue weighted by Crippen LogP contribution is -2.27. The number of nitrogens with one attached hydrogen (secondary N) is 1. The van der Waals surface area contributed by atoms with E-state index in [1.165, 1.54) is 16.7 Å². The van der Waals surface area contributed by atoms with Crippen molar-refractivity contribution in [1.29, 1.82) is 0 Å². The van der Waals surface area contributed by atoms with Gasteiger partial charge in [-0.1, -0.05) is 24.3 Å². The molecule has 0 radical (unpaired) electrons. The summed E-state index contributed by atoms with van der Waals surface area (Å²) in [5.74, 6) is 1.85. The van der Waals surface area contributed by atoms with Crippen molar-refractivity contribution in [1.82, 2.24) is 5.32 Å². The van der Waals surface area contributed by atoms with Crippen LogP contribution in [0.25, 0.3) is 11.1 Å². The first-order chi connectivity index (χ1) is 10.8. The first kappa shape index (κ1) is 14.7. The molecule has 0 aliphatic carbocycles. The van der Waals surface area contributed by atoms with Gasteiger partial charge in [0.05, 0.1) is 13.7 Å². The third-order valence-corrected chi connectivity index (χ3v) is 3.98. The van der Waals surface area contributed by atoms with Gasteiger partial charge in [-0.25, -0.2) is 0 Å². The van der Waals surface area contributed by atoms with Crippen LogP contribution in [0.2, 0.25) is 0 Å². The first-order valence-corrected chi connectivity index (χ1v) is 7.57. The van der Waals surface area contributed by atoms with Gasteiger partial charge in [0.15, 0.2) is 0 Å². The van der Waals surface area contributed by atoms with Gasteiger partial charge in [0, 0.05) is 24.6 Å². The number of hydrogen-bond acceptors (Lipinski definition) is 3. The van der Waals surface area contributed by atoms with Crippen molar-refractivity contribution >= 4 is 0 Å². The Morgan fingerprint density at radius 1 is 1.23 bits per heavy atom. The van der Waals surface area contributed by atoms with Crippen LogP contribution in [0.15, 0.2) is 55.1 Å². The molecule has 1 aliphatic heterocycles. The molecule has 3 rings (SSSR count). The molecule has 1 aliphatic rings. The van der Waals surface area contributed by atoms with Crippen LogP contribution in [0.1, 0.15) is 18.0 Å². The highest BCUT2D eigenvalue weighted by Crippen LogP contribution is 2.35. The van der Waals surface area contributed by atoms with Gasteiger partial charge >= 0.3 is 0 Å². The van der Waals surface area contributed by atoms with Crippen molar-refractivity contribution in [2.75, 3.05) is 20.3 Å². The summed E-state index contributed by atoms with van der Waals surface area (Å²) in [7, 11) is 1.68. The number of hydrogen-bond donors (Lipinski definition) is 1. The second-order valence-electron chi connectivity index (χ2n) is 5.37. The molecular weight excluding hydrogens is 274 g/mol. The van der Waals surface area contributed by atoms with Crippen LogP contribution >= 0.6 is 0 Å². The summed E-state index contributed by atoms with van der Waals surface area (Å²) in [5.41, 5.74) is 3.59. The minimum absolute atomic E-state index is 0.319. The van der Waals surface area contributed by atoms with Gasteiger partial charge in [-0.3, -0.25) is 0 Å². The Morgan fingerprint density at radius 2 is 2.00 bits per heavy atom. The van der Waals surface area contributed by atoms with Crippen LogP contribution in [-0.4, -0.2) is 20.3 Å². The van der Waals surface area contributed by atoms with E-state index in [4.69, 9.17) is 9.47 Å². The molecule has 0 saturated heterocycles. The van der Waals surface area contributed by atoms with Gasteiger partial charge in [-0.05, 0) is 35.4 Å². The molecule has 114 valence electrons. The van der Waals surface area contributed by atoms with E-state index >= 15 is 0 Å². The van der Waals surface area contributed by atoms with E-state index in [9.17, 15) is 0 Å². The lowest BCUT2D eigenvalue weighted by molar-refractivity contribution is 0.255. The molecule has 0 saturated carbocycles. The fourth-order valence-electron chi connectivity index (χ4n) is 2.80. The number of benzene rings is 2. The van der Waals surface area contributed by atoms with Crippen molar-refractivity contribution in [3.05, 3.63) is 60.7 Å². The number of rotatable bonds is 5. The predicted octanol–water partition coefficient (Wildman–Crippen LogP) is 3.96. The Hall–Kier alpha value is -2.26. The van der Waals surface area contributed by atoms with E-state index in [2.05, 4.69) is 42.2 Å². The molecular formula is C19H21NO2. The van der Waals surface area contributed by atoms with Crippen LogP contribution in [0, 0.1) is 0 Å². The van der Waals surface area contributed by atoms with Crippen LogP contribution in [0.3, 0.4) is 0 Å². The SMILES string of the molecule is C=CCN[C@H]1CCOc2ccc(-c3ccc(OC)cc3)cc21. The van der Waals surface area contributed by atoms with Crippen LogP contribution in [0.5, 0.6) is 11.5 Å². The highest BCUT2D eigenvalue weighted by Gasteiger charge is 2.21. The molecule has 1 atom stereocenters. The van der Waals surface area contributed by atoms with Gasteiger partial charge in [0.25, 0.3) is 0 Å². The number of ether oxygens (including phenoxy) is 2. The fourth-order valence-corrected chi connectivity index (χ4v) is 2.80. The minimum atomic E-state index is 0.319. The second-order valence-corrected chi connectivity index (χ2v) is 5.37. The van der Waals surface area contributed by atoms with E-state index in [1.807, 2.05) is 18.2 Å². The summed E-state index contributed by atoms with van der Waals surface area (Å²) in [4.78, 5) is 0. The second kappa shape index (κ2) is 6.67. The van der Waals surface area contributed by atoms with Crippen LogP contribution in [-0.2, 0) is 0 Å². The Balaban J connectivity index is 1.91. The molecule has 2 aromatic carbocycles. The van der Waals surface area contributed by atoms with E-state index in [1.54, 1.807) is 7.11 Å². The molecule has 0 bridgehead atoms. The molecule has 3 nitrogen and oxygen atoms in total. The van der Waals surface area contributed by atoms with Crippen LogP contribution in [0.4, 0.5) is 0 Å².